The summed E-state index contributed by atoms with van der Waals surface area (Å²) in [5.74, 6) is 0.0623. The monoisotopic (exact) mass is 475 g/mol. The van der Waals surface area contributed by atoms with Crippen LogP contribution in [0.3, 0.4) is 0 Å². The van der Waals surface area contributed by atoms with Gasteiger partial charge >= 0.3 is 6.03 Å². The second kappa shape index (κ2) is 10.4. The highest BCUT2D eigenvalue weighted by atomic mass is 35.5. The largest absolute Gasteiger partial charge is 0.492 e. The van der Waals surface area contributed by atoms with Crippen LogP contribution in [0.1, 0.15) is 17.3 Å². The summed E-state index contributed by atoms with van der Waals surface area (Å²) in [5.41, 5.74) is 1.69. The first kappa shape index (κ1) is 22.8. The molecule has 31 heavy (non-hydrogen) atoms. The summed E-state index contributed by atoms with van der Waals surface area (Å²) in [6, 6.07) is 17.9. The van der Waals surface area contributed by atoms with E-state index in [1.54, 1.807) is 42.5 Å². The minimum Gasteiger partial charge on any atom is -0.492 e. The van der Waals surface area contributed by atoms with Crippen LogP contribution in [-0.2, 0) is 0 Å². The van der Waals surface area contributed by atoms with Crippen molar-refractivity contribution in [1.29, 1.82) is 0 Å². The first-order valence-corrected chi connectivity index (χ1v) is 10.4. The highest BCUT2D eigenvalue weighted by molar-refractivity contribution is 7.82. The fourth-order valence-corrected chi connectivity index (χ4v) is 3.47. The van der Waals surface area contributed by atoms with Gasteiger partial charge in [0.1, 0.15) is 5.75 Å². The zero-order chi connectivity index (χ0) is 22.4. The Labute approximate surface area is 195 Å². The normalized spacial score (nSPS) is 10.3. The zero-order valence-corrected chi connectivity index (χ0v) is 18.8. The molecule has 0 radical (unpaired) electrons. The summed E-state index contributed by atoms with van der Waals surface area (Å²) < 4.78 is 6.66. The van der Waals surface area contributed by atoms with E-state index in [-0.39, 0.29) is 5.91 Å². The van der Waals surface area contributed by atoms with Crippen LogP contribution in [0, 0.1) is 0 Å². The number of hydrogen-bond donors (Lipinski definition) is 3. The fraction of sp³-hybridized carbons (Fsp3) is 0.0909. The van der Waals surface area contributed by atoms with Crippen molar-refractivity contribution in [3.05, 3.63) is 82.3 Å². The number of para-hydroxylation sites is 1. The van der Waals surface area contributed by atoms with Crippen LogP contribution in [0.5, 0.6) is 5.75 Å². The molecule has 0 heterocycles. The number of rotatable bonds is 6. The Bertz CT molecular complexity index is 1080. The van der Waals surface area contributed by atoms with Crippen molar-refractivity contribution >= 4 is 65.0 Å². The standard InChI is InChI=1S/C22H19Cl2N3O3S/c1-2-30-20-9-8-14(21(28)25-17-6-4-3-5-7-17)10-19(20)27(31)22(29)26-18-12-15(23)11-16(24)13-18/h3-13,31H,2H2,1H3,(H,25,28)(H,26,29). The molecule has 0 bridgehead atoms. The van der Waals surface area contributed by atoms with E-state index >= 15 is 0 Å². The number of halogens is 2. The minimum absolute atomic E-state index is 0.302. The molecule has 2 N–H and O–H groups in total. The lowest BCUT2D eigenvalue weighted by atomic mass is 10.1. The van der Waals surface area contributed by atoms with E-state index < -0.39 is 6.03 Å². The van der Waals surface area contributed by atoms with E-state index in [1.807, 2.05) is 25.1 Å². The van der Waals surface area contributed by atoms with Gasteiger partial charge in [-0.3, -0.25) is 4.79 Å². The molecular formula is C22H19Cl2N3O3S. The average Bonchev–Trinajstić information content (AvgIpc) is 2.73. The number of nitrogens with one attached hydrogen (secondary N) is 2. The van der Waals surface area contributed by atoms with Crippen molar-refractivity contribution < 1.29 is 14.3 Å². The van der Waals surface area contributed by atoms with Crippen LogP contribution in [0.25, 0.3) is 0 Å². The molecule has 0 spiro atoms. The molecule has 3 rings (SSSR count). The Morgan fingerprint density at radius 1 is 0.935 bits per heavy atom. The molecule has 0 saturated heterocycles. The number of carbonyl (C=O) groups is 2. The van der Waals surface area contributed by atoms with Gasteiger partial charge in [-0.2, -0.15) is 0 Å². The molecule has 0 aromatic heterocycles. The molecule has 0 saturated carbocycles. The van der Waals surface area contributed by atoms with E-state index in [4.69, 9.17) is 27.9 Å². The molecule has 3 aromatic carbocycles. The van der Waals surface area contributed by atoms with Crippen molar-refractivity contribution in [2.24, 2.45) is 0 Å². The molecule has 160 valence electrons. The molecule has 0 aliphatic carbocycles. The van der Waals surface area contributed by atoms with E-state index in [0.29, 0.717) is 45.0 Å². The summed E-state index contributed by atoms with van der Waals surface area (Å²) in [6.07, 6.45) is 0. The van der Waals surface area contributed by atoms with Crippen molar-refractivity contribution in [3.8, 4) is 5.75 Å². The van der Waals surface area contributed by atoms with Crippen LogP contribution in [0.4, 0.5) is 21.9 Å². The van der Waals surface area contributed by atoms with Gasteiger partial charge in [-0.1, -0.05) is 54.2 Å². The summed E-state index contributed by atoms with van der Waals surface area (Å²) in [4.78, 5) is 25.4. The number of carbonyl (C=O) groups excluding carboxylic acids is 2. The van der Waals surface area contributed by atoms with E-state index in [2.05, 4.69) is 23.4 Å². The SMILES string of the molecule is CCOc1ccc(C(=O)Nc2ccccc2)cc1N(S)C(=O)Nc1cc(Cl)cc(Cl)c1. The predicted molar refractivity (Wildman–Crippen MR) is 129 cm³/mol. The third-order valence-electron chi connectivity index (χ3n) is 4.09. The van der Waals surface area contributed by atoms with Gasteiger partial charge in [0.15, 0.2) is 0 Å². The third kappa shape index (κ3) is 6.07. The van der Waals surface area contributed by atoms with Gasteiger partial charge in [0.05, 0.1) is 12.3 Å². The average molecular weight is 476 g/mol. The van der Waals surface area contributed by atoms with E-state index in [9.17, 15) is 9.59 Å². The van der Waals surface area contributed by atoms with Crippen LogP contribution >= 0.6 is 36.0 Å². The lowest BCUT2D eigenvalue weighted by molar-refractivity contribution is 0.102. The van der Waals surface area contributed by atoms with Gasteiger partial charge in [0.2, 0.25) is 0 Å². The molecule has 6 nitrogen and oxygen atoms in total. The van der Waals surface area contributed by atoms with Crippen molar-refractivity contribution in [2.45, 2.75) is 6.92 Å². The van der Waals surface area contributed by atoms with Gasteiger partial charge in [0, 0.05) is 27.0 Å². The number of benzene rings is 3. The van der Waals surface area contributed by atoms with Crippen molar-refractivity contribution in [1.82, 2.24) is 0 Å². The van der Waals surface area contributed by atoms with Crippen LogP contribution in [0.15, 0.2) is 66.7 Å². The Kier molecular flexibility index (Phi) is 7.68. The highest BCUT2D eigenvalue weighted by Gasteiger charge is 2.20. The Morgan fingerprint density at radius 2 is 1.61 bits per heavy atom. The number of thiol groups is 1. The number of anilines is 3. The molecule has 9 heteroatoms. The quantitative estimate of drug-likeness (QED) is 0.355. The first-order chi connectivity index (χ1) is 14.9. The van der Waals surface area contributed by atoms with E-state index in [0.717, 1.165) is 4.31 Å². The summed E-state index contributed by atoms with van der Waals surface area (Å²) in [6.45, 7) is 2.19. The number of ether oxygens (including phenoxy) is 1. The second-order valence-electron chi connectivity index (χ2n) is 6.34. The van der Waals surface area contributed by atoms with Crippen LogP contribution < -0.4 is 19.7 Å². The topological polar surface area (TPSA) is 70.7 Å². The van der Waals surface area contributed by atoms with Gasteiger partial charge in [-0.15, -0.1) is 0 Å². The number of nitrogens with zero attached hydrogens (tertiary/aromatic N) is 1. The lowest BCUT2D eigenvalue weighted by Crippen LogP contribution is -2.27. The lowest BCUT2D eigenvalue weighted by Gasteiger charge is -2.20. The number of amides is 3. The molecule has 0 atom stereocenters. The van der Waals surface area contributed by atoms with Gasteiger partial charge in [-0.25, -0.2) is 9.10 Å². The first-order valence-electron chi connectivity index (χ1n) is 9.26. The van der Waals surface area contributed by atoms with Gasteiger partial charge in [0.25, 0.3) is 5.91 Å². The minimum atomic E-state index is -0.580. The maximum absolute atomic E-state index is 12.8. The van der Waals surface area contributed by atoms with E-state index in [1.165, 1.54) is 6.07 Å². The predicted octanol–water partition coefficient (Wildman–Crippen LogP) is 6.53. The highest BCUT2D eigenvalue weighted by Crippen LogP contribution is 2.32. The summed E-state index contributed by atoms with van der Waals surface area (Å²) >= 11 is 16.3. The van der Waals surface area contributed by atoms with Gasteiger partial charge < -0.3 is 15.4 Å². The fourth-order valence-electron chi connectivity index (χ4n) is 2.74. The number of urea groups is 1. The van der Waals surface area contributed by atoms with Crippen LogP contribution in [0.2, 0.25) is 10.0 Å². The molecule has 3 aromatic rings. The number of hydrogen-bond acceptors (Lipinski definition) is 4. The Hall–Kier alpha value is -2.87. The Balaban J connectivity index is 1.85. The molecule has 0 fully saturated rings. The van der Waals surface area contributed by atoms with Crippen molar-refractivity contribution in [3.63, 3.8) is 0 Å². The van der Waals surface area contributed by atoms with Crippen molar-refractivity contribution in [2.75, 3.05) is 21.5 Å². The van der Waals surface area contributed by atoms with Crippen LogP contribution in [-0.4, -0.2) is 18.5 Å². The second-order valence-corrected chi connectivity index (χ2v) is 7.61. The van der Waals surface area contributed by atoms with Gasteiger partial charge in [-0.05, 0) is 55.5 Å². The molecule has 3 amide bonds. The molecule has 0 unspecified atom stereocenters. The maximum atomic E-state index is 12.8. The smallest absolute Gasteiger partial charge is 0.336 e. The summed E-state index contributed by atoms with van der Waals surface area (Å²) in [7, 11) is 0. The molecular weight excluding hydrogens is 457 g/mol. The maximum Gasteiger partial charge on any atom is 0.336 e. The molecule has 0 aliphatic heterocycles. The summed E-state index contributed by atoms with van der Waals surface area (Å²) in [5, 5.41) is 6.23. The Morgan fingerprint density at radius 3 is 2.26 bits per heavy atom. The molecule has 0 aliphatic rings. The third-order valence-corrected chi connectivity index (χ3v) is 4.92. The zero-order valence-electron chi connectivity index (χ0n) is 16.4.